The van der Waals surface area contributed by atoms with Gasteiger partial charge in [-0.2, -0.15) is 0 Å². The summed E-state index contributed by atoms with van der Waals surface area (Å²) in [5, 5.41) is 5.30. The summed E-state index contributed by atoms with van der Waals surface area (Å²) in [6, 6.07) is 6.31. The molecule has 22 heavy (non-hydrogen) atoms. The van der Waals surface area contributed by atoms with E-state index in [2.05, 4.69) is 10.6 Å². The van der Waals surface area contributed by atoms with Gasteiger partial charge in [-0.05, 0) is 37.1 Å². The maximum absolute atomic E-state index is 11.5. The van der Waals surface area contributed by atoms with Crippen molar-refractivity contribution in [2.75, 3.05) is 13.1 Å². The fraction of sp³-hybridized carbons (Fsp3) is 0.500. The third-order valence-electron chi connectivity index (χ3n) is 2.84. The van der Waals surface area contributed by atoms with Gasteiger partial charge in [-0.1, -0.05) is 26.7 Å². The van der Waals surface area contributed by atoms with E-state index in [9.17, 15) is 9.59 Å². The largest absolute Gasteiger partial charge is 0.412 e. The molecule has 122 valence electrons. The van der Waals surface area contributed by atoms with Crippen molar-refractivity contribution in [1.82, 2.24) is 10.6 Å². The summed E-state index contributed by atoms with van der Waals surface area (Å²) < 4.78 is 10.2. The van der Waals surface area contributed by atoms with E-state index in [1.807, 2.05) is 13.8 Å². The average molecular weight is 308 g/mol. The second-order valence-corrected chi connectivity index (χ2v) is 4.81. The van der Waals surface area contributed by atoms with Crippen molar-refractivity contribution >= 4 is 12.2 Å². The van der Waals surface area contributed by atoms with Crippen LogP contribution in [0.3, 0.4) is 0 Å². The number of benzene rings is 1. The van der Waals surface area contributed by atoms with Crippen LogP contribution in [-0.4, -0.2) is 25.3 Å². The highest BCUT2D eigenvalue weighted by atomic mass is 16.6. The number of hydrogen-bond donors (Lipinski definition) is 2. The van der Waals surface area contributed by atoms with Crippen LogP contribution in [0.1, 0.15) is 39.5 Å². The van der Waals surface area contributed by atoms with E-state index in [4.69, 9.17) is 9.47 Å². The highest BCUT2D eigenvalue weighted by molar-refractivity contribution is 5.71. The maximum atomic E-state index is 11.5. The third kappa shape index (κ3) is 7.52. The van der Waals surface area contributed by atoms with Gasteiger partial charge >= 0.3 is 12.2 Å². The maximum Gasteiger partial charge on any atom is 0.412 e. The quantitative estimate of drug-likeness (QED) is 0.721. The highest BCUT2D eigenvalue weighted by Gasteiger charge is 2.06. The standard InChI is InChI=1S/C16H24N2O4/c1-3-5-11-17-15(19)21-13-7-9-14(10-8-13)22-16(20)18-12-6-4-2/h7-10H,3-6,11-12H2,1-2H3,(H,17,19)(H,18,20). The molecular weight excluding hydrogens is 284 g/mol. The van der Waals surface area contributed by atoms with E-state index in [0.717, 1.165) is 25.7 Å². The first-order chi connectivity index (χ1) is 10.7. The lowest BCUT2D eigenvalue weighted by atomic mass is 10.3. The molecule has 0 aliphatic heterocycles. The molecule has 0 atom stereocenters. The molecule has 0 saturated carbocycles. The predicted octanol–water partition coefficient (Wildman–Crippen LogP) is 3.46. The van der Waals surface area contributed by atoms with Crippen LogP contribution in [0.25, 0.3) is 0 Å². The molecule has 0 aliphatic carbocycles. The lowest BCUT2D eigenvalue weighted by Gasteiger charge is -2.08. The van der Waals surface area contributed by atoms with E-state index in [1.165, 1.54) is 0 Å². The summed E-state index contributed by atoms with van der Waals surface area (Å²) in [5.74, 6) is 0.792. The van der Waals surface area contributed by atoms with Crippen LogP contribution in [0.2, 0.25) is 0 Å². The summed E-state index contributed by atoms with van der Waals surface area (Å²) in [6.07, 6.45) is 2.86. The normalized spacial score (nSPS) is 9.91. The number of ether oxygens (including phenoxy) is 2. The first-order valence-electron chi connectivity index (χ1n) is 7.67. The topological polar surface area (TPSA) is 76.7 Å². The zero-order valence-electron chi connectivity index (χ0n) is 13.2. The van der Waals surface area contributed by atoms with Crippen molar-refractivity contribution in [3.8, 4) is 11.5 Å². The number of rotatable bonds is 8. The second-order valence-electron chi connectivity index (χ2n) is 4.81. The molecule has 0 heterocycles. The molecule has 2 N–H and O–H groups in total. The van der Waals surface area contributed by atoms with Crippen molar-refractivity contribution in [1.29, 1.82) is 0 Å². The molecule has 2 amide bonds. The number of nitrogens with one attached hydrogen (secondary N) is 2. The molecule has 0 unspecified atom stereocenters. The van der Waals surface area contributed by atoms with Gasteiger partial charge in [-0.3, -0.25) is 0 Å². The first-order valence-corrected chi connectivity index (χ1v) is 7.67. The molecule has 0 bridgehead atoms. The van der Waals surface area contributed by atoms with Gasteiger partial charge in [0.1, 0.15) is 11.5 Å². The molecular formula is C16H24N2O4. The zero-order chi connectivity index (χ0) is 16.2. The first kappa shape index (κ1) is 17.8. The lowest BCUT2D eigenvalue weighted by Crippen LogP contribution is -2.28. The summed E-state index contributed by atoms with van der Waals surface area (Å²) in [6.45, 7) is 5.28. The van der Waals surface area contributed by atoms with Crippen LogP contribution in [0.5, 0.6) is 11.5 Å². The van der Waals surface area contributed by atoms with Gasteiger partial charge in [0.05, 0.1) is 0 Å². The second kappa shape index (κ2) is 10.5. The molecule has 0 spiro atoms. The lowest BCUT2D eigenvalue weighted by molar-refractivity contribution is 0.198. The molecule has 1 rings (SSSR count). The summed E-state index contributed by atoms with van der Waals surface area (Å²) in [7, 11) is 0. The van der Waals surface area contributed by atoms with Gasteiger partial charge in [0.25, 0.3) is 0 Å². The molecule has 0 radical (unpaired) electrons. The Balaban J connectivity index is 2.36. The fourth-order valence-corrected chi connectivity index (χ4v) is 1.60. The minimum atomic E-state index is -0.487. The Morgan fingerprint density at radius 1 is 0.818 bits per heavy atom. The van der Waals surface area contributed by atoms with E-state index >= 15 is 0 Å². The number of hydrogen-bond acceptors (Lipinski definition) is 4. The van der Waals surface area contributed by atoms with E-state index in [1.54, 1.807) is 24.3 Å². The van der Waals surface area contributed by atoms with Crippen molar-refractivity contribution in [2.45, 2.75) is 39.5 Å². The Kier molecular flexibility index (Phi) is 8.49. The van der Waals surface area contributed by atoms with Gasteiger partial charge in [0.2, 0.25) is 0 Å². The number of unbranched alkanes of at least 4 members (excludes halogenated alkanes) is 2. The Hall–Kier alpha value is -2.24. The monoisotopic (exact) mass is 308 g/mol. The third-order valence-corrected chi connectivity index (χ3v) is 2.84. The van der Waals surface area contributed by atoms with Crippen LogP contribution in [-0.2, 0) is 0 Å². The van der Waals surface area contributed by atoms with Gasteiger partial charge in [0.15, 0.2) is 0 Å². The molecule has 0 saturated heterocycles. The van der Waals surface area contributed by atoms with E-state index in [-0.39, 0.29) is 0 Å². The number of amides is 2. The Morgan fingerprint density at radius 3 is 1.50 bits per heavy atom. The van der Waals surface area contributed by atoms with Gasteiger partial charge in [-0.15, -0.1) is 0 Å². The van der Waals surface area contributed by atoms with Gasteiger partial charge in [0, 0.05) is 13.1 Å². The zero-order valence-corrected chi connectivity index (χ0v) is 13.2. The van der Waals surface area contributed by atoms with Crippen LogP contribution >= 0.6 is 0 Å². The van der Waals surface area contributed by atoms with Gasteiger partial charge in [-0.25, -0.2) is 9.59 Å². The Bertz CT molecular complexity index is 417. The molecule has 0 aliphatic rings. The van der Waals surface area contributed by atoms with E-state index in [0.29, 0.717) is 24.6 Å². The van der Waals surface area contributed by atoms with Crippen molar-refractivity contribution in [3.63, 3.8) is 0 Å². The summed E-state index contributed by atoms with van der Waals surface area (Å²) >= 11 is 0. The Morgan fingerprint density at radius 2 is 1.18 bits per heavy atom. The smallest absolute Gasteiger partial charge is 0.410 e. The highest BCUT2D eigenvalue weighted by Crippen LogP contribution is 2.17. The van der Waals surface area contributed by atoms with E-state index < -0.39 is 12.2 Å². The molecule has 0 fully saturated rings. The molecule has 1 aromatic rings. The van der Waals surface area contributed by atoms with Crippen molar-refractivity contribution < 1.29 is 19.1 Å². The average Bonchev–Trinajstić information content (AvgIpc) is 2.50. The Labute approximate surface area is 131 Å². The van der Waals surface area contributed by atoms with Crippen LogP contribution < -0.4 is 20.1 Å². The molecule has 6 nitrogen and oxygen atoms in total. The van der Waals surface area contributed by atoms with Crippen LogP contribution in [0.15, 0.2) is 24.3 Å². The number of carbonyl (C=O) groups excluding carboxylic acids is 2. The number of carbonyl (C=O) groups is 2. The molecule has 0 aromatic heterocycles. The van der Waals surface area contributed by atoms with Crippen LogP contribution in [0, 0.1) is 0 Å². The summed E-state index contributed by atoms with van der Waals surface area (Å²) in [4.78, 5) is 22.9. The summed E-state index contributed by atoms with van der Waals surface area (Å²) in [5.41, 5.74) is 0. The fourth-order valence-electron chi connectivity index (χ4n) is 1.60. The minimum Gasteiger partial charge on any atom is -0.410 e. The van der Waals surface area contributed by atoms with Crippen LogP contribution in [0.4, 0.5) is 9.59 Å². The van der Waals surface area contributed by atoms with Crippen molar-refractivity contribution in [3.05, 3.63) is 24.3 Å². The van der Waals surface area contributed by atoms with Crippen molar-refractivity contribution in [2.24, 2.45) is 0 Å². The minimum absolute atomic E-state index is 0.396. The van der Waals surface area contributed by atoms with Gasteiger partial charge < -0.3 is 20.1 Å². The SMILES string of the molecule is CCCCNC(=O)Oc1ccc(OC(=O)NCCCC)cc1. The molecule has 1 aromatic carbocycles. The molecule has 6 heteroatoms. The predicted molar refractivity (Wildman–Crippen MR) is 84.3 cm³/mol.